The van der Waals surface area contributed by atoms with Gasteiger partial charge in [-0.1, -0.05) is 61.7 Å². The van der Waals surface area contributed by atoms with Crippen LogP contribution < -0.4 is 5.32 Å². The fourth-order valence-electron chi connectivity index (χ4n) is 5.31. The maximum absolute atomic E-state index is 13.9. The third kappa shape index (κ3) is 3.81. The van der Waals surface area contributed by atoms with Crippen LogP contribution >= 0.6 is 0 Å². The molecule has 33 heavy (non-hydrogen) atoms. The third-order valence-corrected chi connectivity index (χ3v) is 7.53. The van der Waals surface area contributed by atoms with E-state index in [9.17, 15) is 9.59 Å². The summed E-state index contributed by atoms with van der Waals surface area (Å²) in [5, 5.41) is 3.33. The summed E-state index contributed by atoms with van der Waals surface area (Å²) in [6.45, 7) is 6.91. The number of carbonyl (C=O) groups excluding carboxylic acids is 2. The summed E-state index contributed by atoms with van der Waals surface area (Å²) >= 11 is 0. The molecular weight excluding hydrogens is 412 g/mol. The van der Waals surface area contributed by atoms with E-state index in [2.05, 4.69) is 17.2 Å². The van der Waals surface area contributed by atoms with Crippen LogP contribution in [0.15, 0.2) is 48.5 Å². The second-order valence-electron chi connectivity index (χ2n) is 10.0. The number of nitrogens with zero attached hydrogens (tertiary/aromatic N) is 3. The number of amides is 2. The van der Waals surface area contributed by atoms with E-state index in [1.165, 1.54) is 6.42 Å². The lowest BCUT2D eigenvalue weighted by molar-refractivity contribution is -0.134. The molecule has 0 saturated heterocycles. The molecule has 3 atom stereocenters. The van der Waals surface area contributed by atoms with Gasteiger partial charge in [0.15, 0.2) is 5.82 Å². The molecule has 2 aliphatic rings. The molecule has 0 spiro atoms. The van der Waals surface area contributed by atoms with Crippen molar-refractivity contribution in [3.8, 4) is 0 Å². The quantitative estimate of drug-likeness (QED) is 0.646. The van der Waals surface area contributed by atoms with Gasteiger partial charge in [0.25, 0.3) is 5.91 Å². The zero-order valence-electron chi connectivity index (χ0n) is 19.7. The second kappa shape index (κ2) is 8.32. The Balaban J connectivity index is 1.54. The van der Waals surface area contributed by atoms with E-state index < -0.39 is 5.54 Å². The number of hydrogen-bond donors (Lipinski definition) is 1. The highest BCUT2D eigenvalue weighted by atomic mass is 16.2. The number of rotatable bonds is 4. The normalized spacial score (nSPS) is 25.2. The highest BCUT2D eigenvalue weighted by Crippen LogP contribution is 2.33. The lowest BCUT2D eigenvalue weighted by atomic mass is 9.85. The molecule has 172 valence electrons. The Labute approximate surface area is 195 Å². The number of hydrogen-bond acceptors (Lipinski definition) is 3. The minimum absolute atomic E-state index is 0.0786. The molecule has 1 saturated carbocycles. The maximum Gasteiger partial charge on any atom is 0.291 e. The molecule has 2 heterocycles. The Bertz CT molecular complexity index is 1200. The smallest absolute Gasteiger partial charge is 0.291 e. The maximum atomic E-state index is 13.9. The van der Waals surface area contributed by atoms with E-state index in [1.807, 2.05) is 66.9 Å². The third-order valence-electron chi connectivity index (χ3n) is 7.53. The van der Waals surface area contributed by atoms with Gasteiger partial charge in [-0.25, -0.2) is 4.98 Å². The fourth-order valence-corrected chi connectivity index (χ4v) is 5.31. The van der Waals surface area contributed by atoms with Crippen molar-refractivity contribution in [2.45, 2.75) is 71.1 Å². The number of fused-ring (bicyclic) bond motifs is 3. The van der Waals surface area contributed by atoms with Gasteiger partial charge in [0, 0.05) is 12.6 Å². The predicted octanol–water partition coefficient (Wildman–Crippen LogP) is 4.45. The van der Waals surface area contributed by atoms with Gasteiger partial charge in [0.05, 0.1) is 17.6 Å². The van der Waals surface area contributed by atoms with Crippen molar-refractivity contribution >= 4 is 22.8 Å². The largest absolute Gasteiger partial charge is 0.351 e. The molecule has 0 radical (unpaired) electrons. The van der Waals surface area contributed by atoms with Gasteiger partial charge in [-0.05, 0) is 50.3 Å². The van der Waals surface area contributed by atoms with E-state index in [4.69, 9.17) is 0 Å². The second-order valence-corrected chi connectivity index (χ2v) is 10.0. The topological polar surface area (TPSA) is 67.2 Å². The van der Waals surface area contributed by atoms with Gasteiger partial charge < -0.3 is 14.8 Å². The molecule has 1 fully saturated rings. The van der Waals surface area contributed by atoms with Crippen molar-refractivity contribution in [1.29, 1.82) is 0 Å². The van der Waals surface area contributed by atoms with Crippen LogP contribution in [0.3, 0.4) is 0 Å². The predicted molar refractivity (Wildman–Crippen MR) is 129 cm³/mol. The molecule has 0 bridgehead atoms. The lowest BCUT2D eigenvalue weighted by Crippen LogP contribution is -2.65. The van der Waals surface area contributed by atoms with E-state index in [1.54, 1.807) is 4.90 Å². The van der Waals surface area contributed by atoms with Crippen molar-refractivity contribution in [1.82, 2.24) is 19.8 Å². The van der Waals surface area contributed by atoms with Crippen LogP contribution in [-0.4, -0.2) is 37.8 Å². The highest BCUT2D eigenvalue weighted by molar-refractivity contribution is 6.01. The average Bonchev–Trinajstić information content (AvgIpc) is 3.18. The molecule has 0 unspecified atom stereocenters. The van der Waals surface area contributed by atoms with Crippen LogP contribution in [-0.2, 0) is 17.9 Å². The molecule has 1 N–H and O–H groups in total. The summed E-state index contributed by atoms with van der Waals surface area (Å²) in [7, 11) is 0. The van der Waals surface area contributed by atoms with Crippen molar-refractivity contribution in [2.24, 2.45) is 5.92 Å². The zero-order chi connectivity index (χ0) is 23.2. The fraction of sp³-hybridized carbons (Fsp3) is 0.444. The number of para-hydroxylation sites is 2. The van der Waals surface area contributed by atoms with Crippen molar-refractivity contribution < 1.29 is 9.59 Å². The Hall–Kier alpha value is -3.15. The van der Waals surface area contributed by atoms with E-state index >= 15 is 0 Å². The molecule has 2 aromatic carbocycles. The number of aromatic nitrogens is 2. The van der Waals surface area contributed by atoms with E-state index in [-0.39, 0.29) is 17.9 Å². The number of nitrogens with one attached hydrogen (secondary N) is 1. The van der Waals surface area contributed by atoms with Crippen LogP contribution in [0, 0.1) is 12.8 Å². The SMILES string of the molecule is Cc1ccc(CN2C(=O)c3nc4ccccc4n3C[C@]2(C)C(=O)N[C@H]2CCCC[C@H]2C)cc1. The monoisotopic (exact) mass is 444 g/mol. The standard InChI is InChI=1S/C27H32N4O2/c1-18-12-14-20(15-13-18)16-31-25(32)24-28-22-10-6-7-11-23(22)30(24)17-27(31,3)26(33)29-21-9-5-4-8-19(21)2/h6-7,10-15,19,21H,4-5,8-9,16-17H2,1-3H3,(H,29,33)/t19-,21+,27-/m1/s1. The molecule has 3 aromatic rings. The lowest BCUT2D eigenvalue weighted by Gasteiger charge is -2.44. The molecule has 1 aliphatic carbocycles. The van der Waals surface area contributed by atoms with Crippen LogP contribution in [0.5, 0.6) is 0 Å². The van der Waals surface area contributed by atoms with Crippen LogP contribution in [0.1, 0.15) is 61.3 Å². The molecular formula is C27H32N4O2. The molecule has 6 heteroatoms. The van der Waals surface area contributed by atoms with E-state index in [0.717, 1.165) is 41.4 Å². The number of aryl methyl sites for hydroxylation is 1. The summed E-state index contributed by atoms with van der Waals surface area (Å²) in [6, 6.07) is 16.0. The first-order chi connectivity index (χ1) is 15.9. The van der Waals surface area contributed by atoms with Gasteiger partial charge in [0.2, 0.25) is 5.91 Å². The molecule has 1 aliphatic heterocycles. The molecule has 6 nitrogen and oxygen atoms in total. The van der Waals surface area contributed by atoms with Gasteiger partial charge in [-0.15, -0.1) is 0 Å². The van der Waals surface area contributed by atoms with Gasteiger partial charge in [0.1, 0.15) is 5.54 Å². The van der Waals surface area contributed by atoms with Crippen LogP contribution in [0.4, 0.5) is 0 Å². The molecule has 1 aromatic heterocycles. The van der Waals surface area contributed by atoms with Gasteiger partial charge >= 0.3 is 0 Å². The Morgan fingerprint density at radius 3 is 2.61 bits per heavy atom. The highest BCUT2D eigenvalue weighted by Gasteiger charge is 2.49. The van der Waals surface area contributed by atoms with Crippen molar-refractivity contribution in [2.75, 3.05) is 0 Å². The first-order valence-electron chi connectivity index (χ1n) is 12.0. The van der Waals surface area contributed by atoms with Crippen LogP contribution in [0.25, 0.3) is 11.0 Å². The minimum atomic E-state index is -1.02. The minimum Gasteiger partial charge on any atom is -0.351 e. The summed E-state index contributed by atoms with van der Waals surface area (Å²) in [6.07, 6.45) is 4.47. The Morgan fingerprint density at radius 2 is 1.85 bits per heavy atom. The van der Waals surface area contributed by atoms with Gasteiger partial charge in [-0.2, -0.15) is 0 Å². The van der Waals surface area contributed by atoms with Crippen LogP contribution in [0.2, 0.25) is 0 Å². The molecule has 2 amide bonds. The summed E-state index contributed by atoms with van der Waals surface area (Å²) in [5.74, 6) is 0.568. The summed E-state index contributed by atoms with van der Waals surface area (Å²) in [4.78, 5) is 34.0. The zero-order valence-corrected chi connectivity index (χ0v) is 19.7. The van der Waals surface area contributed by atoms with E-state index in [0.29, 0.717) is 24.8 Å². The number of benzene rings is 2. The molecule has 5 rings (SSSR count). The number of imidazole rings is 1. The van der Waals surface area contributed by atoms with Crippen molar-refractivity contribution in [3.63, 3.8) is 0 Å². The Morgan fingerprint density at radius 1 is 1.12 bits per heavy atom. The number of carbonyl (C=O) groups is 2. The van der Waals surface area contributed by atoms with Crippen molar-refractivity contribution in [3.05, 3.63) is 65.5 Å². The average molecular weight is 445 g/mol. The summed E-state index contributed by atoms with van der Waals surface area (Å²) < 4.78 is 1.92. The Kier molecular flexibility index (Phi) is 5.47. The first kappa shape index (κ1) is 21.7. The van der Waals surface area contributed by atoms with Gasteiger partial charge in [-0.3, -0.25) is 9.59 Å². The summed E-state index contributed by atoms with van der Waals surface area (Å²) in [5.41, 5.74) is 2.82. The first-order valence-corrected chi connectivity index (χ1v) is 12.0.